The zero-order valence-corrected chi connectivity index (χ0v) is 19.3. The maximum Gasteiger partial charge on any atom is 0.331 e. The Kier molecular flexibility index (Phi) is 7.95. The van der Waals surface area contributed by atoms with Gasteiger partial charge in [0.25, 0.3) is 0 Å². The van der Waals surface area contributed by atoms with E-state index < -0.39 is 53.0 Å². The fourth-order valence-corrected chi connectivity index (χ4v) is 4.80. The van der Waals surface area contributed by atoms with E-state index in [0.717, 1.165) is 0 Å². The smallest absolute Gasteiger partial charge is 0.331 e. The molecule has 2 aliphatic rings. The number of hydrogen-bond donors (Lipinski definition) is 3. The van der Waals surface area contributed by atoms with Crippen molar-refractivity contribution in [3.05, 3.63) is 12.2 Å². The maximum atomic E-state index is 11.8. The molecule has 0 amide bonds. The molecule has 178 valence electrons. The second-order valence-electron chi connectivity index (χ2n) is 9.79. The summed E-state index contributed by atoms with van der Waals surface area (Å²) >= 11 is 0. The van der Waals surface area contributed by atoms with Crippen LogP contribution in [0, 0.1) is 5.92 Å². The molecule has 3 N–H and O–H groups in total. The molecule has 31 heavy (non-hydrogen) atoms. The molecule has 2 rings (SSSR count). The normalized spacial score (nSPS) is 42.0. The molecule has 0 aromatic heterocycles. The number of ether oxygens (including phenoxy) is 3. The Balaban J connectivity index is 2.43. The van der Waals surface area contributed by atoms with Gasteiger partial charge in [-0.05, 0) is 71.6 Å². The van der Waals surface area contributed by atoms with Crippen LogP contribution >= 0.6 is 0 Å². The van der Waals surface area contributed by atoms with Crippen LogP contribution in [0.25, 0.3) is 0 Å². The van der Waals surface area contributed by atoms with Gasteiger partial charge in [-0.3, -0.25) is 4.79 Å². The second kappa shape index (κ2) is 9.57. The Morgan fingerprint density at radius 1 is 1.10 bits per heavy atom. The summed E-state index contributed by atoms with van der Waals surface area (Å²) in [4.78, 5) is 23.4. The number of fused-ring (bicyclic) bond motifs is 2. The fraction of sp³-hybridized carbons (Fsp3) is 0.826. The molecule has 2 fully saturated rings. The number of carboxylic acids is 1. The zero-order chi connectivity index (χ0) is 23.6. The van der Waals surface area contributed by atoms with Crippen molar-refractivity contribution in [2.24, 2.45) is 5.92 Å². The first kappa shape index (κ1) is 25.8. The van der Waals surface area contributed by atoms with Crippen LogP contribution in [0.5, 0.6) is 0 Å². The van der Waals surface area contributed by atoms with E-state index in [1.54, 1.807) is 13.8 Å². The highest BCUT2D eigenvalue weighted by atomic mass is 16.6. The number of esters is 1. The van der Waals surface area contributed by atoms with Crippen LogP contribution in [0.15, 0.2) is 12.2 Å². The monoisotopic (exact) mass is 442 g/mol. The highest BCUT2D eigenvalue weighted by molar-refractivity contribution is 5.86. The second-order valence-corrected chi connectivity index (χ2v) is 9.79. The van der Waals surface area contributed by atoms with Crippen molar-refractivity contribution in [3.8, 4) is 0 Å². The number of carbonyl (C=O) groups excluding carboxylic acids is 1. The molecule has 8 nitrogen and oxygen atoms in total. The van der Waals surface area contributed by atoms with E-state index in [2.05, 4.69) is 6.58 Å². The van der Waals surface area contributed by atoms with E-state index in [1.165, 1.54) is 14.0 Å². The van der Waals surface area contributed by atoms with E-state index in [9.17, 15) is 24.9 Å². The zero-order valence-electron chi connectivity index (χ0n) is 19.3. The maximum absolute atomic E-state index is 11.8. The van der Waals surface area contributed by atoms with Gasteiger partial charge in [0.1, 0.15) is 11.7 Å². The first-order valence-electron chi connectivity index (χ1n) is 11.0. The highest BCUT2D eigenvalue weighted by Gasteiger charge is 2.50. The number of rotatable bonds is 4. The van der Waals surface area contributed by atoms with Crippen LogP contribution in [0.3, 0.4) is 0 Å². The van der Waals surface area contributed by atoms with Crippen molar-refractivity contribution in [1.29, 1.82) is 0 Å². The molecule has 2 aliphatic heterocycles. The summed E-state index contributed by atoms with van der Waals surface area (Å²) in [5, 5.41) is 31.7. The van der Waals surface area contributed by atoms with E-state index in [-0.39, 0.29) is 18.4 Å². The summed E-state index contributed by atoms with van der Waals surface area (Å²) in [5.41, 5.74) is -2.98. The Morgan fingerprint density at radius 3 is 2.29 bits per heavy atom. The number of methoxy groups -OCH3 is 1. The van der Waals surface area contributed by atoms with Gasteiger partial charge in [-0.2, -0.15) is 0 Å². The molecule has 0 spiro atoms. The predicted octanol–water partition coefficient (Wildman–Crippen LogP) is 2.59. The average molecular weight is 443 g/mol. The minimum absolute atomic E-state index is 0.00172. The molecule has 2 bridgehead atoms. The van der Waals surface area contributed by atoms with Crippen LogP contribution in [0.4, 0.5) is 0 Å². The number of carboxylic acid groups (broad SMARTS) is 1. The molecule has 7 atom stereocenters. The molecule has 8 heteroatoms. The lowest BCUT2D eigenvalue weighted by molar-refractivity contribution is -0.186. The van der Waals surface area contributed by atoms with Gasteiger partial charge >= 0.3 is 11.9 Å². The van der Waals surface area contributed by atoms with Crippen LogP contribution in [-0.4, -0.2) is 69.5 Å². The quantitative estimate of drug-likeness (QED) is 0.449. The Hall–Kier alpha value is -1.48. The largest absolute Gasteiger partial charge is 0.478 e. The SMILES string of the molecule is C=C(C(=O)O)C1CCC(C)(O)C2CCC(C)(O2)C(OC(C)=O)CCC(C)(OC)C(O)C1. The predicted molar refractivity (Wildman–Crippen MR) is 113 cm³/mol. The van der Waals surface area contributed by atoms with Crippen molar-refractivity contribution in [2.45, 2.75) is 108 Å². The Labute approximate surface area is 184 Å². The van der Waals surface area contributed by atoms with E-state index in [4.69, 9.17) is 14.2 Å². The summed E-state index contributed by atoms with van der Waals surface area (Å²) in [6, 6.07) is 0. The van der Waals surface area contributed by atoms with Crippen LogP contribution in [-0.2, 0) is 23.8 Å². The summed E-state index contributed by atoms with van der Waals surface area (Å²) in [6.07, 6.45) is 0.663. The first-order valence-corrected chi connectivity index (χ1v) is 11.0. The number of aliphatic carboxylic acids is 1. The molecular formula is C23H38O8. The minimum Gasteiger partial charge on any atom is -0.478 e. The lowest BCUT2D eigenvalue weighted by Crippen LogP contribution is -2.48. The fourth-order valence-electron chi connectivity index (χ4n) is 4.80. The van der Waals surface area contributed by atoms with Crippen molar-refractivity contribution in [2.75, 3.05) is 7.11 Å². The van der Waals surface area contributed by atoms with Gasteiger partial charge < -0.3 is 29.5 Å². The van der Waals surface area contributed by atoms with Crippen molar-refractivity contribution < 1.29 is 39.1 Å². The van der Waals surface area contributed by atoms with E-state index in [1.807, 2.05) is 6.92 Å². The van der Waals surface area contributed by atoms with E-state index >= 15 is 0 Å². The number of hydrogen-bond acceptors (Lipinski definition) is 7. The minimum atomic E-state index is -1.21. The molecule has 2 heterocycles. The van der Waals surface area contributed by atoms with Gasteiger partial charge in [0, 0.05) is 19.6 Å². The molecule has 2 saturated heterocycles. The third-order valence-corrected chi connectivity index (χ3v) is 7.35. The van der Waals surface area contributed by atoms with Gasteiger partial charge in [-0.15, -0.1) is 0 Å². The van der Waals surface area contributed by atoms with Gasteiger partial charge in [0.15, 0.2) is 0 Å². The van der Waals surface area contributed by atoms with Crippen LogP contribution in [0.2, 0.25) is 0 Å². The molecule has 0 radical (unpaired) electrons. The van der Waals surface area contributed by atoms with Gasteiger partial charge in [-0.1, -0.05) is 6.58 Å². The van der Waals surface area contributed by atoms with Gasteiger partial charge in [0.2, 0.25) is 0 Å². The van der Waals surface area contributed by atoms with Crippen molar-refractivity contribution in [3.63, 3.8) is 0 Å². The van der Waals surface area contributed by atoms with Crippen molar-refractivity contribution >= 4 is 11.9 Å². The Morgan fingerprint density at radius 2 is 1.74 bits per heavy atom. The lowest BCUT2D eigenvalue weighted by Gasteiger charge is -2.39. The first-order chi connectivity index (χ1) is 14.2. The molecule has 0 aromatic carbocycles. The number of carbonyl (C=O) groups is 2. The summed E-state index contributed by atoms with van der Waals surface area (Å²) in [6.45, 7) is 10.4. The van der Waals surface area contributed by atoms with E-state index in [0.29, 0.717) is 32.1 Å². The molecule has 0 aromatic rings. The Bertz CT molecular complexity index is 689. The molecule has 7 unspecified atom stereocenters. The molecule has 0 aliphatic carbocycles. The summed E-state index contributed by atoms with van der Waals surface area (Å²) < 4.78 is 17.6. The summed E-state index contributed by atoms with van der Waals surface area (Å²) in [7, 11) is 1.50. The summed E-state index contributed by atoms with van der Waals surface area (Å²) in [5.74, 6) is -2.09. The topological polar surface area (TPSA) is 123 Å². The van der Waals surface area contributed by atoms with Crippen LogP contribution < -0.4 is 0 Å². The number of aliphatic hydroxyl groups is 2. The third-order valence-electron chi connectivity index (χ3n) is 7.35. The van der Waals surface area contributed by atoms with Crippen LogP contribution in [0.1, 0.15) is 72.6 Å². The van der Waals surface area contributed by atoms with Gasteiger partial charge in [-0.25, -0.2) is 4.79 Å². The number of aliphatic hydroxyl groups excluding tert-OH is 1. The van der Waals surface area contributed by atoms with Gasteiger partial charge in [0.05, 0.1) is 23.4 Å². The average Bonchev–Trinajstić information content (AvgIpc) is 3.10. The lowest BCUT2D eigenvalue weighted by atomic mass is 9.78. The highest BCUT2D eigenvalue weighted by Crippen LogP contribution is 2.43. The standard InChI is InChI=1S/C23H38O8/c1-14(20(26)27)16-7-10-21(3,28)18-8-12-23(5,31-18)19(30-15(2)24)9-11-22(4,29-6)17(25)13-16/h16-19,25,28H,1,7-13H2,2-6H3,(H,26,27). The van der Waals surface area contributed by atoms with Crippen molar-refractivity contribution in [1.82, 2.24) is 0 Å². The third kappa shape index (κ3) is 5.86. The molecular weight excluding hydrogens is 404 g/mol. The molecule has 0 saturated carbocycles.